The highest BCUT2D eigenvalue weighted by Gasteiger charge is 2.36. The lowest BCUT2D eigenvalue weighted by Gasteiger charge is -2.40. The fourth-order valence-electron chi connectivity index (χ4n) is 5.82. The van der Waals surface area contributed by atoms with Gasteiger partial charge >= 0.3 is 18.2 Å². The smallest absolute Gasteiger partial charge is 0.410 e. The summed E-state index contributed by atoms with van der Waals surface area (Å²) < 4.78 is 97.3. The monoisotopic (exact) mass is 747 g/mol. The number of esters is 1. The number of carbonyl (C=O) groups is 3. The molecule has 9 nitrogen and oxygen atoms in total. The summed E-state index contributed by atoms with van der Waals surface area (Å²) in [5, 5.41) is 9.19. The van der Waals surface area contributed by atoms with Crippen molar-refractivity contribution < 1.29 is 54.9 Å². The van der Waals surface area contributed by atoms with Gasteiger partial charge in [0, 0.05) is 25.0 Å². The minimum Gasteiger partial charge on any atom is -0.463 e. The molecule has 0 saturated carbocycles. The van der Waals surface area contributed by atoms with Gasteiger partial charge in [0.15, 0.2) is 11.6 Å². The number of Topliss-reactive ketones (excluding diaryl/α,β-unsaturated/α-hetero) is 1. The van der Waals surface area contributed by atoms with Crippen LogP contribution in [-0.4, -0.2) is 71.4 Å². The van der Waals surface area contributed by atoms with Gasteiger partial charge < -0.3 is 14.2 Å². The topological polar surface area (TPSA) is 119 Å². The van der Waals surface area contributed by atoms with Gasteiger partial charge in [-0.3, -0.25) is 19.5 Å². The molecule has 1 saturated heterocycles. The summed E-state index contributed by atoms with van der Waals surface area (Å²) in [6.45, 7) is 4.29. The van der Waals surface area contributed by atoms with Crippen molar-refractivity contribution >= 4 is 17.8 Å². The number of ether oxygens (including phenoxy) is 3. The van der Waals surface area contributed by atoms with Crippen molar-refractivity contribution in [2.75, 3.05) is 19.8 Å². The molecule has 0 radical (unpaired) electrons. The quantitative estimate of drug-likeness (QED) is 0.130. The number of alkyl halides is 3. The highest BCUT2D eigenvalue weighted by molar-refractivity contribution is 5.82. The van der Waals surface area contributed by atoms with Gasteiger partial charge in [0.1, 0.15) is 23.8 Å². The van der Waals surface area contributed by atoms with E-state index in [0.29, 0.717) is 22.3 Å². The highest BCUT2D eigenvalue weighted by Crippen LogP contribution is 2.31. The number of benzene rings is 2. The van der Waals surface area contributed by atoms with E-state index in [0.717, 1.165) is 18.3 Å². The molecule has 1 fully saturated rings. The highest BCUT2D eigenvalue weighted by atomic mass is 19.4. The lowest BCUT2D eigenvalue weighted by Crippen LogP contribution is -2.55. The summed E-state index contributed by atoms with van der Waals surface area (Å²) in [7, 11) is 0. The van der Waals surface area contributed by atoms with E-state index in [1.54, 1.807) is 45.0 Å². The average Bonchev–Trinajstić information content (AvgIpc) is 3.09. The van der Waals surface area contributed by atoms with Gasteiger partial charge in [-0.1, -0.05) is 18.2 Å². The van der Waals surface area contributed by atoms with Crippen LogP contribution >= 0.6 is 0 Å². The number of aromatic nitrogens is 1. The molecule has 53 heavy (non-hydrogen) atoms. The van der Waals surface area contributed by atoms with Crippen molar-refractivity contribution in [2.24, 2.45) is 0 Å². The molecule has 0 unspecified atom stereocenters. The van der Waals surface area contributed by atoms with Crippen molar-refractivity contribution in [3.63, 3.8) is 0 Å². The lowest BCUT2D eigenvalue weighted by atomic mass is 9.85. The first-order valence-corrected chi connectivity index (χ1v) is 16.8. The molecule has 3 atom stereocenters. The maximum absolute atomic E-state index is 15.2. The zero-order valence-electron chi connectivity index (χ0n) is 29.4. The van der Waals surface area contributed by atoms with Gasteiger partial charge in [-0.05, 0) is 80.1 Å². The third-order valence-electron chi connectivity index (χ3n) is 8.46. The van der Waals surface area contributed by atoms with Crippen molar-refractivity contribution in [3.05, 3.63) is 100 Å². The molecule has 0 N–H and O–H groups in total. The van der Waals surface area contributed by atoms with E-state index in [2.05, 4.69) is 4.98 Å². The van der Waals surface area contributed by atoms with Crippen LogP contribution in [-0.2, 0) is 36.6 Å². The van der Waals surface area contributed by atoms with Gasteiger partial charge in [0.2, 0.25) is 0 Å². The van der Waals surface area contributed by atoms with Crippen LogP contribution in [0.5, 0.6) is 0 Å². The second kappa shape index (κ2) is 17.7. The second-order valence-electron chi connectivity index (χ2n) is 13.7. The molecule has 3 aromatic rings. The first-order chi connectivity index (χ1) is 24.9. The number of hydrogen-bond acceptors (Lipinski definition) is 8. The largest absolute Gasteiger partial charge is 0.463 e. The van der Waals surface area contributed by atoms with Crippen LogP contribution in [0.4, 0.5) is 31.1 Å². The van der Waals surface area contributed by atoms with Crippen molar-refractivity contribution in [3.8, 4) is 6.07 Å². The Morgan fingerprint density at radius 2 is 1.70 bits per heavy atom. The number of rotatable bonds is 13. The van der Waals surface area contributed by atoms with Crippen LogP contribution < -0.4 is 0 Å². The van der Waals surface area contributed by atoms with Crippen LogP contribution in [0, 0.1) is 28.8 Å². The van der Waals surface area contributed by atoms with E-state index in [9.17, 15) is 41.6 Å². The molecular weight excluding hydrogens is 708 g/mol. The first kappa shape index (κ1) is 40.8. The summed E-state index contributed by atoms with van der Waals surface area (Å²) >= 11 is 0. The summed E-state index contributed by atoms with van der Waals surface area (Å²) in [5.74, 6) is -4.96. The van der Waals surface area contributed by atoms with E-state index < -0.39 is 78.8 Å². The Morgan fingerprint density at radius 3 is 2.34 bits per heavy atom. The number of nitrogens with zero attached hydrogens (tertiary/aromatic N) is 3. The lowest BCUT2D eigenvalue weighted by molar-refractivity contribution is -0.160. The molecule has 1 aliphatic rings. The molecule has 0 bridgehead atoms. The predicted molar refractivity (Wildman–Crippen MR) is 178 cm³/mol. The molecule has 2 aromatic carbocycles. The third kappa shape index (κ3) is 12.3. The molecule has 4 rings (SSSR count). The molecule has 15 heteroatoms. The number of carbonyl (C=O) groups excluding carboxylic acids is 3. The molecule has 1 amide bonds. The number of halogens is 6. The van der Waals surface area contributed by atoms with Crippen LogP contribution in [0.1, 0.15) is 80.2 Å². The SMILES string of the molecule is CC(C)(C)OC(=O)N1C[C@@H](CCc2c(F)cncc2CC(=O)C[C@H](c2ccc(C#N)cc2)c2ccc(F)c(F)c2)OC[C@H]1COC(=O)CCC(F)(F)F. The number of ketones is 1. The van der Waals surface area contributed by atoms with E-state index in [4.69, 9.17) is 14.2 Å². The van der Waals surface area contributed by atoms with Gasteiger partial charge in [0.05, 0.1) is 56.0 Å². The standard InChI is InChI=1S/C38H39F6N3O6/c1-37(2,3)53-36(50)47-20-29(51-21-27(47)22-52-35(49)12-13-38(42,43)44)9-10-30-26(18-46-19-34(30)41)14-28(48)16-31(24-6-4-23(17-45)5-7-24)25-8-11-32(39)33(40)15-25/h4-8,11,15,18-19,27,29,31H,9-10,12-14,16,20-22H2,1-3H3/t27-,29+,31+/m0/s1. The minimum absolute atomic E-state index is 0.0586. The number of amides is 1. The summed E-state index contributed by atoms with van der Waals surface area (Å²) in [6.07, 6.45) is -6.00. The average molecular weight is 748 g/mol. The number of nitriles is 1. The van der Waals surface area contributed by atoms with Crippen molar-refractivity contribution in [2.45, 2.75) is 89.1 Å². The molecule has 0 aliphatic carbocycles. The Kier molecular flexibility index (Phi) is 13.6. The Hall–Kier alpha value is -4.97. The normalized spacial score (nSPS) is 16.8. The Morgan fingerprint density at radius 1 is 1.00 bits per heavy atom. The van der Waals surface area contributed by atoms with Gasteiger partial charge in [-0.2, -0.15) is 18.4 Å². The predicted octanol–water partition coefficient (Wildman–Crippen LogP) is 7.53. The van der Waals surface area contributed by atoms with Crippen molar-refractivity contribution in [1.82, 2.24) is 9.88 Å². The van der Waals surface area contributed by atoms with Crippen LogP contribution in [0.3, 0.4) is 0 Å². The van der Waals surface area contributed by atoms with E-state index in [1.165, 1.54) is 17.2 Å². The van der Waals surface area contributed by atoms with Gasteiger partial charge in [-0.25, -0.2) is 18.0 Å². The second-order valence-corrected chi connectivity index (χ2v) is 13.7. The van der Waals surface area contributed by atoms with Gasteiger partial charge in [-0.15, -0.1) is 0 Å². The number of morpholine rings is 1. The number of pyridine rings is 1. The molecule has 1 aromatic heterocycles. The maximum Gasteiger partial charge on any atom is 0.410 e. The fraction of sp³-hybridized carbons (Fsp3) is 0.447. The first-order valence-electron chi connectivity index (χ1n) is 16.8. The van der Waals surface area contributed by atoms with E-state index in [1.807, 2.05) is 6.07 Å². The molecule has 0 spiro atoms. The molecule has 2 heterocycles. The molecular formula is C38H39F6N3O6. The Labute approximate surface area is 302 Å². The van der Waals surface area contributed by atoms with Crippen LogP contribution in [0.15, 0.2) is 54.9 Å². The maximum atomic E-state index is 15.2. The number of hydrogen-bond donors (Lipinski definition) is 0. The zero-order chi connectivity index (χ0) is 38.9. The summed E-state index contributed by atoms with van der Waals surface area (Å²) in [6, 6.07) is 10.8. The van der Waals surface area contributed by atoms with Crippen molar-refractivity contribution in [1.29, 1.82) is 5.26 Å². The Bertz CT molecular complexity index is 1810. The summed E-state index contributed by atoms with van der Waals surface area (Å²) in [5.41, 5.74) is 0.864. The zero-order valence-corrected chi connectivity index (χ0v) is 29.4. The molecule has 284 valence electrons. The van der Waals surface area contributed by atoms with E-state index in [-0.39, 0.29) is 50.2 Å². The summed E-state index contributed by atoms with van der Waals surface area (Å²) in [4.78, 5) is 43.8. The fourth-order valence-corrected chi connectivity index (χ4v) is 5.82. The van der Waals surface area contributed by atoms with Crippen LogP contribution in [0.25, 0.3) is 0 Å². The minimum atomic E-state index is -4.54. The molecule has 1 aliphatic heterocycles. The van der Waals surface area contributed by atoms with Crippen LogP contribution in [0.2, 0.25) is 0 Å². The van der Waals surface area contributed by atoms with E-state index >= 15 is 4.39 Å². The van der Waals surface area contributed by atoms with Gasteiger partial charge in [0.25, 0.3) is 0 Å². The third-order valence-corrected chi connectivity index (χ3v) is 8.46. The Balaban J connectivity index is 1.46.